The van der Waals surface area contributed by atoms with Gasteiger partial charge in [0.05, 0.1) is 36.4 Å². The Hall–Kier alpha value is -1.90. The van der Waals surface area contributed by atoms with Crippen LogP contribution in [0.3, 0.4) is 0 Å². The molecule has 6 rings (SSSR count). The van der Waals surface area contributed by atoms with Crippen LogP contribution >= 0.6 is 11.3 Å². The first-order chi connectivity index (χ1) is 18.3. The zero-order chi connectivity index (χ0) is 26.5. The number of hydrogen-bond acceptors (Lipinski definition) is 3. The molecule has 206 valence electrons. The van der Waals surface area contributed by atoms with E-state index >= 15 is 0 Å². The molecule has 1 spiro atoms. The van der Waals surface area contributed by atoms with Crippen molar-refractivity contribution >= 4 is 17.2 Å². The fourth-order valence-electron chi connectivity index (χ4n) is 7.97. The summed E-state index contributed by atoms with van der Waals surface area (Å²) < 4.78 is 28.3. The molecule has 5 atom stereocenters. The van der Waals surface area contributed by atoms with E-state index in [1.807, 2.05) is 6.07 Å². The number of halogens is 2. The summed E-state index contributed by atoms with van der Waals surface area (Å²) in [6, 6.07) is 11.1. The Morgan fingerprint density at radius 2 is 1.89 bits per heavy atom. The number of alkyl halides is 2. The number of aryl methyl sites for hydroxylation is 1. The number of quaternary nitrogens is 2. The number of fused-ring (bicyclic) bond motifs is 2. The number of thiazole rings is 1. The third kappa shape index (κ3) is 4.81. The molecule has 1 amide bonds. The number of amides is 1. The zero-order valence-corrected chi connectivity index (χ0v) is 23.5. The van der Waals surface area contributed by atoms with Crippen LogP contribution in [0, 0.1) is 18.8 Å². The van der Waals surface area contributed by atoms with Gasteiger partial charge in [0, 0.05) is 36.7 Å². The van der Waals surface area contributed by atoms with Crippen molar-refractivity contribution in [3.8, 4) is 0 Å². The van der Waals surface area contributed by atoms with Gasteiger partial charge in [0.15, 0.2) is 0 Å². The SMILES string of the molecule is Cc1nc2c(s1)[C@@]1(C[NH2+]C[C@H]1C(=O)N1CC[C@@H](c3ccccc3)C[C@H]1C1CCC(F)(F)CC1)C[NH2+][C@H](C)C2. The zero-order valence-electron chi connectivity index (χ0n) is 22.7. The van der Waals surface area contributed by atoms with Crippen molar-refractivity contribution in [1.29, 1.82) is 0 Å². The number of likely N-dealkylation sites (tertiary alicyclic amines) is 1. The summed E-state index contributed by atoms with van der Waals surface area (Å²) in [6.07, 6.45) is 3.68. The molecule has 1 aromatic heterocycles. The molecule has 3 fully saturated rings. The smallest absolute Gasteiger partial charge is 0.248 e. The van der Waals surface area contributed by atoms with E-state index < -0.39 is 5.92 Å². The standard InChI is InChI=1S/C30H40F2N4OS/c1-19-14-25-27(38-20(2)35-25)29(18-34-19)17-33-16-24(29)28(37)36-13-10-23(21-6-4-3-5-7-21)15-26(36)22-8-11-30(31,32)12-9-22/h3-7,19,22-24,26,33-34H,8-18H2,1-2H3/p+2/t19-,23-,24+,26+,29+/m1/s1. The van der Waals surface area contributed by atoms with Crippen LogP contribution in [0.15, 0.2) is 30.3 Å². The fourth-order valence-corrected chi connectivity index (χ4v) is 9.18. The van der Waals surface area contributed by atoms with Crippen LogP contribution in [0.25, 0.3) is 0 Å². The normalized spacial score (nSPS) is 33.7. The molecule has 0 bridgehead atoms. The van der Waals surface area contributed by atoms with E-state index in [9.17, 15) is 13.6 Å². The van der Waals surface area contributed by atoms with Gasteiger partial charge in [-0.15, -0.1) is 11.3 Å². The first kappa shape index (κ1) is 26.3. The highest BCUT2D eigenvalue weighted by Gasteiger charge is 2.58. The van der Waals surface area contributed by atoms with E-state index in [-0.39, 0.29) is 42.0 Å². The topological polar surface area (TPSA) is 66.4 Å². The first-order valence-electron chi connectivity index (χ1n) is 14.6. The second-order valence-corrected chi connectivity index (χ2v) is 13.7. The summed E-state index contributed by atoms with van der Waals surface area (Å²) >= 11 is 1.79. The summed E-state index contributed by atoms with van der Waals surface area (Å²) in [5.41, 5.74) is 2.30. The molecule has 2 saturated heterocycles. The highest BCUT2D eigenvalue weighted by Crippen LogP contribution is 2.46. The van der Waals surface area contributed by atoms with Crippen LogP contribution in [0.2, 0.25) is 0 Å². The number of rotatable bonds is 3. The molecule has 4 aliphatic rings. The summed E-state index contributed by atoms with van der Waals surface area (Å²) in [4.78, 5) is 23.1. The van der Waals surface area contributed by atoms with Crippen molar-refractivity contribution in [1.82, 2.24) is 9.88 Å². The van der Waals surface area contributed by atoms with Crippen molar-refractivity contribution in [3.63, 3.8) is 0 Å². The van der Waals surface area contributed by atoms with Crippen LogP contribution in [-0.4, -0.2) is 60.0 Å². The summed E-state index contributed by atoms with van der Waals surface area (Å²) in [5, 5.41) is 5.84. The van der Waals surface area contributed by atoms with Crippen molar-refractivity contribution in [2.45, 2.75) is 88.1 Å². The number of hydrogen-bond donors (Lipinski definition) is 2. The van der Waals surface area contributed by atoms with Gasteiger partial charge >= 0.3 is 0 Å². The lowest BCUT2D eigenvalue weighted by Crippen LogP contribution is -2.93. The first-order valence-corrected chi connectivity index (χ1v) is 15.4. The molecular weight excluding hydrogens is 502 g/mol. The highest BCUT2D eigenvalue weighted by atomic mass is 32.1. The van der Waals surface area contributed by atoms with E-state index in [1.54, 1.807) is 11.3 Å². The third-order valence-corrected chi connectivity index (χ3v) is 11.3. The number of carbonyl (C=O) groups is 1. The fraction of sp³-hybridized carbons (Fsp3) is 0.667. The Bertz CT molecular complexity index is 1150. The van der Waals surface area contributed by atoms with Gasteiger partial charge < -0.3 is 15.5 Å². The minimum Gasteiger partial charge on any atom is -0.345 e. The van der Waals surface area contributed by atoms with Gasteiger partial charge in [0.25, 0.3) is 0 Å². The van der Waals surface area contributed by atoms with Gasteiger partial charge in [-0.3, -0.25) is 4.79 Å². The lowest BCUT2D eigenvalue weighted by molar-refractivity contribution is -0.697. The third-order valence-electron chi connectivity index (χ3n) is 10.0. The molecule has 1 saturated carbocycles. The molecular formula is C30H42F2N4OS+2. The van der Waals surface area contributed by atoms with Crippen molar-refractivity contribution < 1.29 is 24.2 Å². The molecule has 4 N–H and O–H groups in total. The second-order valence-electron chi connectivity index (χ2n) is 12.5. The molecule has 0 radical (unpaired) electrons. The van der Waals surface area contributed by atoms with E-state index in [4.69, 9.17) is 4.98 Å². The molecule has 3 aliphatic heterocycles. The lowest BCUT2D eigenvalue weighted by atomic mass is 9.72. The van der Waals surface area contributed by atoms with Crippen LogP contribution in [0.1, 0.15) is 72.5 Å². The summed E-state index contributed by atoms with van der Waals surface area (Å²) in [7, 11) is 0. The number of nitrogens with two attached hydrogens (primary N) is 2. The Morgan fingerprint density at radius 1 is 1.13 bits per heavy atom. The summed E-state index contributed by atoms with van der Waals surface area (Å²) in [5.74, 6) is -1.87. The average Bonchev–Trinajstić information content (AvgIpc) is 3.47. The maximum Gasteiger partial charge on any atom is 0.248 e. The maximum absolute atomic E-state index is 14.6. The van der Waals surface area contributed by atoms with E-state index in [1.165, 1.54) is 16.1 Å². The second kappa shape index (κ2) is 10.3. The number of nitrogens with zero attached hydrogens (tertiary/aromatic N) is 2. The van der Waals surface area contributed by atoms with Crippen LogP contribution < -0.4 is 10.6 Å². The molecule has 5 nitrogen and oxygen atoms in total. The predicted molar refractivity (Wildman–Crippen MR) is 144 cm³/mol. The Balaban J connectivity index is 1.31. The van der Waals surface area contributed by atoms with Gasteiger partial charge in [-0.1, -0.05) is 30.3 Å². The quantitative estimate of drug-likeness (QED) is 0.624. The van der Waals surface area contributed by atoms with E-state index in [2.05, 4.69) is 53.6 Å². The van der Waals surface area contributed by atoms with Crippen molar-refractivity contribution in [3.05, 3.63) is 51.5 Å². The minimum absolute atomic E-state index is 0.0338. The van der Waals surface area contributed by atoms with Gasteiger partial charge in [-0.25, -0.2) is 13.8 Å². The Morgan fingerprint density at radius 3 is 2.66 bits per heavy atom. The predicted octanol–water partition coefficient (Wildman–Crippen LogP) is 2.99. The van der Waals surface area contributed by atoms with Gasteiger partial charge in [0.2, 0.25) is 11.8 Å². The lowest BCUT2D eigenvalue weighted by Gasteiger charge is -2.47. The molecule has 38 heavy (non-hydrogen) atoms. The molecule has 2 aromatic rings. The molecule has 1 aliphatic carbocycles. The van der Waals surface area contributed by atoms with Crippen LogP contribution in [-0.2, 0) is 16.6 Å². The van der Waals surface area contributed by atoms with Crippen molar-refractivity contribution in [2.75, 3.05) is 26.2 Å². The number of piperidine rings is 1. The number of carbonyl (C=O) groups excluding carboxylic acids is 1. The molecule has 8 heteroatoms. The molecule has 0 unspecified atom stereocenters. The summed E-state index contributed by atoms with van der Waals surface area (Å²) in [6.45, 7) is 7.69. The van der Waals surface area contributed by atoms with Gasteiger partial charge in [0.1, 0.15) is 11.3 Å². The number of aromatic nitrogens is 1. The van der Waals surface area contributed by atoms with Crippen LogP contribution in [0.4, 0.5) is 8.78 Å². The van der Waals surface area contributed by atoms with E-state index in [0.29, 0.717) is 24.8 Å². The van der Waals surface area contributed by atoms with E-state index in [0.717, 1.165) is 50.4 Å². The molecule has 1 aromatic carbocycles. The highest BCUT2D eigenvalue weighted by molar-refractivity contribution is 7.11. The Labute approximate surface area is 228 Å². The Kier molecular flexibility index (Phi) is 7.10. The number of benzene rings is 1. The monoisotopic (exact) mass is 544 g/mol. The van der Waals surface area contributed by atoms with Gasteiger partial charge in [-0.2, -0.15) is 0 Å². The maximum atomic E-state index is 14.6. The minimum atomic E-state index is -2.56. The largest absolute Gasteiger partial charge is 0.345 e. The van der Waals surface area contributed by atoms with Crippen molar-refractivity contribution in [2.24, 2.45) is 11.8 Å². The van der Waals surface area contributed by atoms with Gasteiger partial charge in [-0.05, 0) is 56.9 Å². The molecule has 4 heterocycles. The van der Waals surface area contributed by atoms with Crippen LogP contribution in [0.5, 0.6) is 0 Å². The average molecular weight is 545 g/mol.